The first kappa shape index (κ1) is 21.8. The van der Waals surface area contributed by atoms with E-state index < -0.39 is 54.3 Å². The summed E-state index contributed by atoms with van der Waals surface area (Å²) in [6.07, 6.45) is -0.0191. The van der Waals surface area contributed by atoms with Gasteiger partial charge in [0.05, 0.1) is 5.41 Å². The molecule has 0 bridgehead atoms. The van der Waals surface area contributed by atoms with E-state index in [0.717, 1.165) is 6.07 Å². The molecule has 1 N–H and O–H groups in total. The van der Waals surface area contributed by atoms with Crippen molar-refractivity contribution in [3.05, 3.63) is 28.8 Å². The molecule has 0 aromatic heterocycles. The van der Waals surface area contributed by atoms with Crippen molar-refractivity contribution in [2.75, 3.05) is 6.79 Å². The molecule has 0 fully saturated rings. The van der Waals surface area contributed by atoms with Gasteiger partial charge in [0.15, 0.2) is 11.6 Å². The van der Waals surface area contributed by atoms with Crippen molar-refractivity contribution >= 4 is 24.8 Å². The van der Waals surface area contributed by atoms with Crippen LogP contribution in [0.25, 0.3) is 0 Å². The maximum atomic E-state index is 14.3. The van der Waals surface area contributed by atoms with Crippen LogP contribution in [0.5, 0.6) is 5.75 Å². The van der Waals surface area contributed by atoms with Crippen LogP contribution >= 0.6 is 0 Å². The Morgan fingerprint density at radius 2 is 1.93 bits per heavy atom. The average molecular weight is 398 g/mol. The zero-order valence-electron chi connectivity index (χ0n) is 16.0. The van der Waals surface area contributed by atoms with Gasteiger partial charge in [-0.25, -0.2) is 13.6 Å². The maximum absolute atomic E-state index is 14.3. The highest BCUT2D eigenvalue weighted by Gasteiger charge is 2.39. The third kappa shape index (κ3) is 4.86. The lowest BCUT2D eigenvalue weighted by Gasteiger charge is -2.28. The quantitative estimate of drug-likeness (QED) is 0.462. The standard InChI is InChI=1S/C18H21BF2O7/c1-9(22)5-11-6-10-7-12(20)14(21)13(15(10)28-19(11)25)16(23)26-8-27-17(24)18(2,3)4/h7,11,25H,5-6,8H2,1-4H3/t11-/m0/s1. The molecule has 0 unspecified atom stereocenters. The summed E-state index contributed by atoms with van der Waals surface area (Å²) in [5.74, 6) is -6.01. The zero-order chi connectivity index (χ0) is 21.2. The molecule has 1 aromatic carbocycles. The van der Waals surface area contributed by atoms with Gasteiger partial charge in [0, 0.05) is 12.2 Å². The van der Waals surface area contributed by atoms with Crippen molar-refractivity contribution in [2.45, 2.75) is 46.4 Å². The van der Waals surface area contributed by atoms with Crippen molar-refractivity contribution < 1.29 is 42.3 Å². The fourth-order valence-electron chi connectivity index (χ4n) is 2.70. The Labute approximate surface area is 161 Å². The molecule has 2 rings (SSSR count). The molecule has 10 heteroatoms. The predicted octanol–water partition coefficient (Wildman–Crippen LogP) is 2.43. The Bertz CT molecular complexity index is 804. The normalized spacial score (nSPS) is 16.1. The number of benzene rings is 1. The smallest absolute Gasteiger partial charge is 0.526 e. The molecule has 1 aliphatic rings. The number of carbonyl (C=O) groups excluding carboxylic acids is 3. The van der Waals surface area contributed by atoms with E-state index in [-0.39, 0.29) is 29.9 Å². The van der Waals surface area contributed by atoms with Crippen molar-refractivity contribution in [1.29, 1.82) is 0 Å². The highest BCUT2D eigenvalue weighted by molar-refractivity contribution is 6.47. The zero-order valence-corrected chi connectivity index (χ0v) is 16.0. The minimum atomic E-state index is -1.51. The van der Waals surface area contributed by atoms with Crippen LogP contribution in [0.3, 0.4) is 0 Å². The Morgan fingerprint density at radius 3 is 2.50 bits per heavy atom. The van der Waals surface area contributed by atoms with E-state index in [1.807, 2.05) is 0 Å². The molecule has 7 nitrogen and oxygen atoms in total. The monoisotopic (exact) mass is 398 g/mol. The number of halogens is 2. The van der Waals surface area contributed by atoms with Gasteiger partial charge in [-0.3, -0.25) is 4.79 Å². The van der Waals surface area contributed by atoms with Gasteiger partial charge < -0.3 is 23.9 Å². The van der Waals surface area contributed by atoms with Crippen LogP contribution in [0.1, 0.15) is 50.0 Å². The van der Waals surface area contributed by atoms with Crippen molar-refractivity contribution in [1.82, 2.24) is 0 Å². The predicted molar refractivity (Wildman–Crippen MR) is 93.5 cm³/mol. The molecule has 1 heterocycles. The summed E-state index contributed by atoms with van der Waals surface area (Å²) in [7, 11) is -1.48. The molecule has 1 aromatic rings. The minimum Gasteiger partial charge on any atom is -0.535 e. The highest BCUT2D eigenvalue weighted by atomic mass is 19.2. The lowest BCUT2D eigenvalue weighted by molar-refractivity contribution is -0.161. The van der Waals surface area contributed by atoms with Crippen LogP contribution in [0.2, 0.25) is 5.82 Å². The van der Waals surface area contributed by atoms with Crippen LogP contribution in [0.15, 0.2) is 6.07 Å². The first-order chi connectivity index (χ1) is 12.9. The number of Topliss-reactive ketones (excluding diaryl/α,β-unsaturated/α-hetero) is 1. The average Bonchev–Trinajstić information content (AvgIpc) is 2.56. The van der Waals surface area contributed by atoms with E-state index in [9.17, 15) is 28.2 Å². The summed E-state index contributed by atoms with van der Waals surface area (Å²) in [5.41, 5.74) is -1.56. The summed E-state index contributed by atoms with van der Waals surface area (Å²) in [5, 5.41) is 10.1. The number of fused-ring (bicyclic) bond motifs is 1. The van der Waals surface area contributed by atoms with Gasteiger partial charge in [-0.15, -0.1) is 0 Å². The SMILES string of the molecule is CC(=O)C[C@H]1Cc2cc(F)c(F)c(C(=O)OCOC(=O)C(C)(C)C)c2OB1O. The summed E-state index contributed by atoms with van der Waals surface area (Å²) in [4.78, 5) is 35.2. The molecule has 152 valence electrons. The number of rotatable bonds is 5. The lowest BCUT2D eigenvalue weighted by atomic mass is 9.64. The van der Waals surface area contributed by atoms with E-state index in [2.05, 4.69) is 0 Å². The molecule has 1 atom stereocenters. The largest absolute Gasteiger partial charge is 0.535 e. The summed E-state index contributed by atoms with van der Waals surface area (Å²) < 4.78 is 42.9. The van der Waals surface area contributed by atoms with Gasteiger partial charge in [-0.1, -0.05) is 0 Å². The first-order valence-electron chi connectivity index (χ1n) is 8.61. The lowest BCUT2D eigenvalue weighted by Crippen LogP contribution is -2.36. The van der Waals surface area contributed by atoms with E-state index in [1.165, 1.54) is 6.92 Å². The van der Waals surface area contributed by atoms with Crippen molar-refractivity contribution in [3.8, 4) is 5.75 Å². The molecule has 28 heavy (non-hydrogen) atoms. The molecule has 0 saturated heterocycles. The van der Waals surface area contributed by atoms with Gasteiger partial charge in [-0.2, -0.15) is 0 Å². The van der Waals surface area contributed by atoms with Crippen LogP contribution in [-0.2, 0) is 25.5 Å². The number of carbonyl (C=O) groups is 3. The number of hydrogen-bond acceptors (Lipinski definition) is 7. The fourth-order valence-corrected chi connectivity index (χ4v) is 2.70. The van der Waals surface area contributed by atoms with Crippen LogP contribution < -0.4 is 4.65 Å². The second-order valence-electron chi connectivity index (χ2n) is 7.65. The van der Waals surface area contributed by atoms with Crippen LogP contribution in [0, 0.1) is 17.0 Å². The number of ether oxygens (including phenoxy) is 2. The van der Waals surface area contributed by atoms with Gasteiger partial charge in [0.1, 0.15) is 17.1 Å². The van der Waals surface area contributed by atoms with Gasteiger partial charge in [-0.05, 0) is 45.7 Å². The van der Waals surface area contributed by atoms with E-state index >= 15 is 0 Å². The maximum Gasteiger partial charge on any atom is 0.526 e. The second-order valence-corrected chi connectivity index (χ2v) is 7.65. The van der Waals surface area contributed by atoms with E-state index in [4.69, 9.17) is 14.1 Å². The molecular formula is C18H21BF2O7. The van der Waals surface area contributed by atoms with Crippen molar-refractivity contribution in [2.24, 2.45) is 5.41 Å². The number of esters is 2. The summed E-state index contributed by atoms with van der Waals surface area (Å²) >= 11 is 0. The van der Waals surface area contributed by atoms with Gasteiger partial charge in [0.2, 0.25) is 6.79 Å². The third-order valence-corrected chi connectivity index (χ3v) is 4.12. The Balaban J connectivity index is 2.23. The second kappa shape index (κ2) is 8.26. The van der Waals surface area contributed by atoms with Gasteiger partial charge >= 0.3 is 19.1 Å². The topological polar surface area (TPSA) is 99.1 Å². The van der Waals surface area contributed by atoms with Gasteiger partial charge in [0.25, 0.3) is 0 Å². The third-order valence-electron chi connectivity index (χ3n) is 4.12. The summed E-state index contributed by atoms with van der Waals surface area (Å²) in [6.45, 7) is 5.30. The highest BCUT2D eigenvalue weighted by Crippen LogP contribution is 2.38. The first-order valence-corrected chi connectivity index (χ1v) is 8.61. The minimum absolute atomic E-state index is 0.00652. The molecular weight excluding hydrogens is 377 g/mol. The Hall–Kier alpha value is -2.49. The van der Waals surface area contributed by atoms with Crippen molar-refractivity contribution in [3.63, 3.8) is 0 Å². The van der Waals surface area contributed by atoms with Crippen LogP contribution in [0.4, 0.5) is 8.78 Å². The van der Waals surface area contributed by atoms with E-state index in [1.54, 1.807) is 20.8 Å². The number of hydrogen-bond donors (Lipinski definition) is 1. The molecule has 1 aliphatic heterocycles. The molecule has 0 aliphatic carbocycles. The molecule has 0 spiro atoms. The fraction of sp³-hybridized carbons (Fsp3) is 0.500. The van der Waals surface area contributed by atoms with E-state index in [0.29, 0.717) is 0 Å². The Morgan fingerprint density at radius 1 is 1.29 bits per heavy atom. The summed E-state index contributed by atoms with van der Waals surface area (Å²) in [6, 6.07) is 0.847. The molecule has 0 saturated carbocycles. The Kier molecular flexibility index (Phi) is 6.43. The molecule has 0 radical (unpaired) electrons. The van der Waals surface area contributed by atoms with Crippen LogP contribution in [-0.4, -0.2) is 36.7 Å². The molecule has 0 amide bonds. The number of ketones is 1.